The van der Waals surface area contributed by atoms with Crippen molar-refractivity contribution in [2.24, 2.45) is 7.05 Å². The number of nitrogens with zero attached hydrogens (tertiary/aromatic N) is 4. The van der Waals surface area contributed by atoms with Crippen molar-refractivity contribution < 1.29 is 9.66 Å². The first-order valence-corrected chi connectivity index (χ1v) is 7.22. The van der Waals surface area contributed by atoms with Crippen molar-refractivity contribution in [2.45, 2.75) is 52.2 Å². The van der Waals surface area contributed by atoms with Crippen molar-refractivity contribution in [3.63, 3.8) is 0 Å². The van der Waals surface area contributed by atoms with Gasteiger partial charge in [-0.3, -0.25) is 10.1 Å². The average molecular weight is 296 g/mol. The summed E-state index contributed by atoms with van der Waals surface area (Å²) in [4.78, 5) is 13.2. The summed E-state index contributed by atoms with van der Waals surface area (Å²) in [7, 11) is 1.76. The topological polar surface area (TPSA) is 73.4 Å². The molecule has 1 aliphatic rings. The molecule has 0 unspecified atom stereocenters. The number of ether oxygens (including phenoxy) is 1. The quantitative estimate of drug-likeness (QED) is 0.632. The van der Waals surface area contributed by atoms with E-state index in [1.165, 1.54) is 0 Å². The second-order valence-electron chi connectivity index (χ2n) is 6.83. The maximum atomic E-state index is 11.5. The molecule has 0 radical (unpaired) electrons. The van der Waals surface area contributed by atoms with Crippen molar-refractivity contribution in [1.29, 1.82) is 0 Å². The molecule has 0 bridgehead atoms. The molecule has 0 N–H and O–H groups in total. The van der Waals surface area contributed by atoms with Crippen molar-refractivity contribution in [1.82, 2.24) is 9.78 Å². The third kappa shape index (κ3) is 3.02. The Balaban J connectivity index is 2.51. The highest BCUT2D eigenvalue weighted by molar-refractivity contribution is 5.62. The van der Waals surface area contributed by atoms with Crippen LogP contribution in [0.4, 0.5) is 11.5 Å². The van der Waals surface area contributed by atoms with Gasteiger partial charge in [-0.1, -0.05) is 6.92 Å². The van der Waals surface area contributed by atoms with E-state index in [2.05, 4.69) is 5.10 Å². The van der Waals surface area contributed by atoms with Gasteiger partial charge in [0.1, 0.15) is 5.69 Å². The van der Waals surface area contributed by atoms with Gasteiger partial charge < -0.3 is 9.64 Å². The molecule has 1 aromatic rings. The number of nitro groups is 1. The number of aromatic nitrogens is 2. The van der Waals surface area contributed by atoms with Crippen LogP contribution in [0.1, 0.15) is 40.3 Å². The average Bonchev–Trinajstić information content (AvgIpc) is 2.61. The summed E-state index contributed by atoms with van der Waals surface area (Å²) >= 11 is 0. The Bertz CT molecular complexity index is 547. The molecule has 1 saturated heterocycles. The highest BCUT2D eigenvalue weighted by Crippen LogP contribution is 2.37. The number of anilines is 1. The standard InChI is InChI=1S/C14H24N4O3/c1-7-10-11(18(19)20)12(16(6)15-10)17-8-13(2,3)21-14(4,5)9-17/h7-9H2,1-6H3. The third-order valence-corrected chi connectivity index (χ3v) is 3.58. The minimum atomic E-state index is -0.369. The molecular weight excluding hydrogens is 272 g/mol. The van der Waals surface area contributed by atoms with Crippen LogP contribution in [0.2, 0.25) is 0 Å². The second-order valence-corrected chi connectivity index (χ2v) is 6.83. The van der Waals surface area contributed by atoms with Crippen molar-refractivity contribution >= 4 is 11.5 Å². The minimum Gasteiger partial charge on any atom is -0.366 e. The van der Waals surface area contributed by atoms with E-state index in [1.54, 1.807) is 11.7 Å². The summed E-state index contributed by atoms with van der Waals surface area (Å²) in [6.07, 6.45) is 0.543. The van der Waals surface area contributed by atoms with Gasteiger partial charge >= 0.3 is 5.69 Å². The lowest BCUT2D eigenvalue weighted by Gasteiger charge is -2.47. The van der Waals surface area contributed by atoms with Crippen molar-refractivity contribution in [2.75, 3.05) is 18.0 Å². The monoisotopic (exact) mass is 296 g/mol. The van der Waals surface area contributed by atoms with Crippen LogP contribution in [0.25, 0.3) is 0 Å². The number of hydrogen-bond donors (Lipinski definition) is 0. The molecule has 1 fully saturated rings. The largest absolute Gasteiger partial charge is 0.366 e. The van der Waals surface area contributed by atoms with Crippen LogP contribution in [0.3, 0.4) is 0 Å². The number of hydrogen-bond acceptors (Lipinski definition) is 5. The van der Waals surface area contributed by atoms with Gasteiger partial charge in [-0.15, -0.1) is 0 Å². The van der Waals surface area contributed by atoms with E-state index in [4.69, 9.17) is 4.74 Å². The van der Waals surface area contributed by atoms with Gasteiger partial charge in [0.25, 0.3) is 0 Å². The summed E-state index contributed by atoms with van der Waals surface area (Å²) in [6.45, 7) is 11.1. The Hall–Kier alpha value is -1.63. The molecule has 1 aliphatic heterocycles. The lowest BCUT2D eigenvalue weighted by Crippen LogP contribution is -2.57. The van der Waals surface area contributed by atoms with E-state index >= 15 is 0 Å². The van der Waals surface area contributed by atoms with E-state index in [9.17, 15) is 10.1 Å². The fourth-order valence-electron chi connectivity index (χ4n) is 3.28. The van der Waals surface area contributed by atoms with Gasteiger partial charge in [-0.05, 0) is 34.1 Å². The van der Waals surface area contributed by atoms with Crippen LogP contribution in [-0.4, -0.2) is 39.0 Å². The molecule has 21 heavy (non-hydrogen) atoms. The summed E-state index contributed by atoms with van der Waals surface area (Å²) in [5, 5.41) is 15.8. The first-order valence-electron chi connectivity index (χ1n) is 7.22. The van der Waals surface area contributed by atoms with Gasteiger partial charge in [0.15, 0.2) is 0 Å². The molecule has 0 spiro atoms. The Morgan fingerprint density at radius 2 is 1.81 bits per heavy atom. The van der Waals surface area contributed by atoms with E-state index in [0.29, 0.717) is 31.0 Å². The molecular formula is C14H24N4O3. The van der Waals surface area contributed by atoms with E-state index in [0.717, 1.165) is 0 Å². The third-order valence-electron chi connectivity index (χ3n) is 3.58. The molecule has 0 amide bonds. The fourth-order valence-corrected chi connectivity index (χ4v) is 3.28. The van der Waals surface area contributed by atoms with Gasteiger partial charge in [0, 0.05) is 20.1 Å². The number of aryl methyl sites for hydroxylation is 2. The molecule has 7 nitrogen and oxygen atoms in total. The van der Waals surface area contributed by atoms with Crippen LogP contribution in [-0.2, 0) is 18.2 Å². The van der Waals surface area contributed by atoms with E-state index in [-0.39, 0.29) is 21.8 Å². The predicted octanol–water partition coefficient (Wildman–Crippen LogP) is 2.28. The summed E-state index contributed by atoms with van der Waals surface area (Å²) in [5.41, 5.74) is -0.0912. The van der Waals surface area contributed by atoms with Crippen LogP contribution in [0.5, 0.6) is 0 Å². The zero-order chi connectivity index (χ0) is 16.0. The molecule has 0 aliphatic carbocycles. The molecule has 2 rings (SSSR count). The second kappa shape index (κ2) is 4.98. The predicted molar refractivity (Wildman–Crippen MR) is 80.7 cm³/mol. The molecule has 0 saturated carbocycles. The summed E-state index contributed by atoms with van der Waals surface area (Å²) in [6, 6.07) is 0. The van der Waals surface area contributed by atoms with E-state index in [1.807, 2.05) is 39.5 Å². The molecule has 0 atom stereocenters. The van der Waals surface area contributed by atoms with Crippen LogP contribution in [0.15, 0.2) is 0 Å². The first kappa shape index (κ1) is 15.8. The number of morpholine rings is 1. The smallest absolute Gasteiger partial charge is 0.334 e. The Labute approximate surface area is 125 Å². The molecule has 118 valence electrons. The van der Waals surface area contributed by atoms with Crippen molar-refractivity contribution in [3.8, 4) is 0 Å². The molecule has 0 aromatic carbocycles. The fraction of sp³-hybridized carbons (Fsp3) is 0.786. The normalized spacial score (nSPS) is 20.6. The van der Waals surface area contributed by atoms with Crippen LogP contribution in [0, 0.1) is 10.1 Å². The lowest BCUT2D eigenvalue weighted by atomic mass is 9.99. The molecule has 1 aromatic heterocycles. The summed E-state index contributed by atoms with van der Waals surface area (Å²) in [5.74, 6) is 0.571. The Kier molecular flexibility index (Phi) is 3.73. The number of rotatable bonds is 3. The lowest BCUT2D eigenvalue weighted by molar-refractivity contribution is -0.384. The maximum absolute atomic E-state index is 11.5. The van der Waals surface area contributed by atoms with Gasteiger partial charge in [-0.25, -0.2) is 4.68 Å². The zero-order valence-corrected chi connectivity index (χ0v) is 13.6. The Morgan fingerprint density at radius 1 is 1.29 bits per heavy atom. The van der Waals surface area contributed by atoms with Gasteiger partial charge in [0.2, 0.25) is 5.82 Å². The van der Waals surface area contributed by atoms with Crippen molar-refractivity contribution in [3.05, 3.63) is 15.8 Å². The highest BCUT2D eigenvalue weighted by Gasteiger charge is 2.42. The van der Waals surface area contributed by atoms with E-state index < -0.39 is 0 Å². The zero-order valence-electron chi connectivity index (χ0n) is 13.6. The van der Waals surface area contributed by atoms with Gasteiger partial charge in [0.05, 0.1) is 16.1 Å². The molecule has 7 heteroatoms. The minimum absolute atomic E-state index is 0.119. The highest BCUT2D eigenvalue weighted by atomic mass is 16.6. The first-order chi connectivity index (χ1) is 9.56. The Morgan fingerprint density at radius 3 is 2.24 bits per heavy atom. The maximum Gasteiger partial charge on any atom is 0.334 e. The SMILES string of the molecule is CCc1nn(C)c(N2CC(C)(C)OC(C)(C)C2)c1[N+](=O)[O-]. The summed E-state index contributed by atoms with van der Waals surface area (Å²) < 4.78 is 7.66. The van der Waals surface area contributed by atoms with Crippen LogP contribution < -0.4 is 4.90 Å². The molecule has 2 heterocycles. The van der Waals surface area contributed by atoms with Crippen LogP contribution >= 0.6 is 0 Å². The van der Waals surface area contributed by atoms with Gasteiger partial charge in [-0.2, -0.15) is 5.10 Å².